The van der Waals surface area contributed by atoms with Gasteiger partial charge in [-0.05, 0) is 32.2 Å². The van der Waals surface area contributed by atoms with Gasteiger partial charge in [0.25, 0.3) is 0 Å². The van der Waals surface area contributed by atoms with Crippen molar-refractivity contribution in [3.05, 3.63) is 0 Å². The maximum absolute atomic E-state index is 12.6. The lowest BCUT2D eigenvalue weighted by atomic mass is 9.85. The Hall–Kier alpha value is -1.34. The van der Waals surface area contributed by atoms with Crippen LogP contribution in [-0.4, -0.2) is 89.2 Å². The number of amides is 2. The Kier molecular flexibility index (Phi) is 5.06. The molecule has 1 saturated carbocycles. The van der Waals surface area contributed by atoms with Crippen molar-refractivity contribution in [2.24, 2.45) is 0 Å². The summed E-state index contributed by atoms with van der Waals surface area (Å²) in [6, 6.07) is 0.941. The second-order valence-corrected chi connectivity index (χ2v) is 6.99. The highest BCUT2D eigenvalue weighted by Crippen LogP contribution is 2.27. The number of likely N-dealkylation sites (N-methyl/N-ethyl adjacent to an activating group) is 1. The first kappa shape index (κ1) is 16.5. The molecule has 3 saturated heterocycles. The van der Waals surface area contributed by atoms with Crippen molar-refractivity contribution in [2.45, 2.75) is 50.7 Å². The molecule has 130 valence electrons. The van der Waals surface area contributed by atoms with Crippen LogP contribution in [0.2, 0.25) is 0 Å². The maximum atomic E-state index is 12.6. The first-order chi connectivity index (χ1) is 11.1. The number of nitrogens with one attached hydrogen (secondary N) is 1. The molecule has 0 radical (unpaired) electrons. The van der Waals surface area contributed by atoms with Gasteiger partial charge in [-0.25, -0.2) is 4.79 Å². The number of carbonyl (C=O) groups is 2. The number of hydrogen-bond acceptors (Lipinski definition) is 4. The van der Waals surface area contributed by atoms with Gasteiger partial charge < -0.3 is 20.2 Å². The number of urea groups is 1. The molecule has 3 heterocycles. The molecule has 0 aromatic rings. The molecule has 2 bridgehead atoms. The van der Waals surface area contributed by atoms with E-state index in [4.69, 9.17) is 5.11 Å². The fraction of sp³-hybridized carbons (Fsp3) is 0.875. The molecule has 4 fully saturated rings. The van der Waals surface area contributed by atoms with Crippen LogP contribution in [-0.2, 0) is 4.79 Å². The molecule has 0 spiro atoms. The maximum Gasteiger partial charge on any atom is 0.317 e. The van der Waals surface area contributed by atoms with Gasteiger partial charge in [-0.3, -0.25) is 9.69 Å². The molecule has 2 amide bonds. The van der Waals surface area contributed by atoms with Gasteiger partial charge in [0.15, 0.2) is 0 Å². The highest BCUT2D eigenvalue weighted by molar-refractivity contribution is 5.75. The summed E-state index contributed by atoms with van der Waals surface area (Å²) >= 11 is 0. The van der Waals surface area contributed by atoms with Crippen LogP contribution in [0.1, 0.15) is 32.6 Å². The summed E-state index contributed by atoms with van der Waals surface area (Å²) in [7, 11) is 0. The van der Waals surface area contributed by atoms with Crippen molar-refractivity contribution in [3.8, 4) is 0 Å². The van der Waals surface area contributed by atoms with E-state index in [0.29, 0.717) is 6.04 Å². The lowest BCUT2D eigenvalue weighted by molar-refractivity contribution is -0.139. The molecular weight excluding hydrogens is 296 g/mol. The van der Waals surface area contributed by atoms with E-state index in [1.54, 1.807) is 0 Å². The van der Waals surface area contributed by atoms with E-state index in [9.17, 15) is 9.59 Å². The second kappa shape index (κ2) is 7.05. The van der Waals surface area contributed by atoms with Crippen molar-refractivity contribution in [1.82, 2.24) is 20.0 Å². The van der Waals surface area contributed by atoms with Gasteiger partial charge in [-0.2, -0.15) is 0 Å². The molecule has 0 unspecified atom stereocenters. The van der Waals surface area contributed by atoms with E-state index >= 15 is 0 Å². The lowest BCUT2D eigenvalue weighted by Gasteiger charge is -2.43. The highest BCUT2D eigenvalue weighted by atomic mass is 16.4. The summed E-state index contributed by atoms with van der Waals surface area (Å²) in [5.41, 5.74) is 0. The van der Waals surface area contributed by atoms with Crippen LogP contribution in [0.25, 0.3) is 0 Å². The smallest absolute Gasteiger partial charge is 0.317 e. The summed E-state index contributed by atoms with van der Waals surface area (Å²) in [4.78, 5) is 29.9. The predicted octanol–water partition coefficient (Wildman–Crippen LogP) is 0.414. The van der Waals surface area contributed by atoms with E-state index in [0.717, 1.165) is 58.4 Å². The number of aliphatic carboxylic acids is 1. The van der Waals surface area contributed by atoms with E-state index in [-0.39, 0.29) is 24.7 Å². The Labute approximate surface area is 137 Å². The van der Waals surface area contributed by atoms with Crippen molar-refractivity contribution in [2.75, 3.05) is 39.3 Å². The normalized spacial score (nSPS) is 33.2. The molecule has 0 aromatic heterocycles. The van der Waals surface area contributed by atoms with Crippen LogP contribution in [0.5, 0.6) is 0 Å². The van der Waals surface area contributed by atoms with Gasteiger partial charge in [0.05, 0.1) is 6.54 Å². The number of fused-ring (bicyclic) bond motifs is 4. The average Bonchev–Trinajstić information content (AvgIpc) is 2.82. The van der Waals surface area contributed by atoms with E-state index in [1.165, 1.54) is 0 Å². The van der Waals surface area contributed by atoms with E-state index in [2.05, 4.69) is 10.2 Å². The van der Waals surface area contributed by atoms with E-state index in [1.807, 2.05) is 16.7 Å². The van der Waals surface area contributed by atoms with Gasteiger partial charge in [0.1, 0.15) is 0 Å². The molecule has 7 heteroatoms. The number of carbonyl (C=O) groups excluding carboxylic acids is 1. The zero-order chi connectivity index (χ0) is 16.4. The molecular formula is C16H28N4O3. The van der Waals surface area contributed by atoms with Crippen molar-refractivity contribution in [1.29, 1.82) is 0 Å². The van der Waals surface area contributed by atoms with E-state index < -0.39 is 5.97 Å². The van der Waals surface area contributed by atoms with Gasteiger partial charge in [-0.15, -0.1) is 0 Å². The lowest BCUT2D eigenvalue weighted by Crippen LogP contribution is -2.58. The van der Waals surface area contributed by atoms with Crippen LogP contribution in [0.4, 0.5) is 4.79 Å². The first-order valence-electron chi connectivity index (χ1n) is 8.82. The Bertz CT molecular complexity index is 445. The fourth-order valence-electron chi connectivity index (χ4n) is 4.09. The number of carboxylic acid groups (broad SMARTS) is 1. The molecule has 23 heavy (non-hydrogen) atoms. The van der Waals surface area contributed by atoms with Crippen LogP contribution >= 0.6 is 0 Å². The third-order valence-corrected chi connectivity index (χ3v) is 5.62. The Morgan fingerprint density at radius 2 is 1.87 bits per heavy atom. The predicted molar refractivity (Wildman–Crippen MR) is 86.4 cm³/mol. The SMILES string of the molecule is CCN(CC(=O)O)C1CC(NC(=O)N2CCN3CCC2CC3)C1. The number of nitrogens with zero attached hydrogens (tertiary/aromatic N) is 3. The van der Waals surface area contributed by atoms with Crippen LogP contribution < -0.4 is 5.32 Å². The highest BCUT2D eigenvalue weighted by Gasteiger charge is 2.37. The Morgan fingerprint density at radius 1 is 1.17 bits per heavy atom. The monoisotopic (exact) mass is 324 g/mol. The van der Waals surface area contributed by atoms with Crippen molar-refractivity contribution < 1.29 is 14.7 Å². The largest absolute Gasteiger partial charge is 0.480 e. The second-order valence-electron chi connectivity index (χ2n) is 6.99. The molecule has 7 nitrogen and oxygen atoms in total. The summed E-state index contributed by atoms with van der Waals surface area (Å²) in [5, 5.41) is 12.1. The zero-order valence-corrected chi connectivity index (χ0v) is 13.9. The van der Waals surface area contributed by atoms with Gasteiger partial charge in [-0.1, -0.05) is 6.92 Å². The minimum Gasteiger partial charge on any atom is -0.480 e. The van der Waals surface area contributed by atoms with Crippen molar-refractivity contribution >= 4 is 12.0 Å². The molecule has 4 aliphatic rings. The first-order valence-corrected chi connectivity index (χ1v) is 8.82. The van der Waals surface area contributed by atoms with Gasteiger partial charge >= 0.3 is 12.0 Å². The molecule has 0 aromatic carbocycles. The summed E-state index contributed by atoms with van der Waals surface area (Å²) in [5.74, 6) is -0.783. The quantitative estimate of drug-likeness (QED) is 0.766. The zero-order valence-electron chi connectivity index (χ0n) is 13.9. The molecule has 0 atom stereocenters. The number of piperidine rings is 1. The molecule has 1 aliphatic carbocycles. The molecule has 3 aliphatic heterocycles. The number of hydrogen-bond donors (Lipinski definition) is 2. The fourth-order valence-corrected chi connectivity index (χ4v) is 4.09. The third-order valence-electron chi connectivity index (χ3n) is 5.62. The molecule has 4 rings (SSSR count). The number of rotatable bonds is 5. The Balaban J connectivity index is 1.46. The molecule has 2 N–H and O–H groups in total. The van der Waals surface area contributed by atoms with Gasteiger partial charge in [0, 0.05) is 44.3 Å². The third kappa shape index (κ3) is 3.77. The minimum absolute atomic E-state index is 0.0727. The van der Waals surface area contributed by atoms with Gasteiger partial charge in [0.2, 0.25) is 0 Å². The topological polar surface area (TPSA) is 76.1 Å². The minimum atomic E-state index is -0.783. The Morgan fingerprint density at radius 3 is 2.48 bits per heavy atom. The van der Waals surface area contributed by atoms with Crippen LogP contribution in [0.3, 0.4) is 0 Å². The standard InChI is InChI=1S/C16H28N4O3/c1-2-19(11-15(21)22)14-9-12(10-14)17-16(23)20-8-7-18-5-3-13(20)4-6-18/h12-14H,2-11H2,1H3,(H,17,23)(H,21,22). The summed E-state index contributed by atoms with van der Waals surface area (Å²) in [6.45, 7) is 6.85. The number of carboxylic acids is 1. The average molecular weight is 324 g/mol. The van der Waals surface area contributed by atoms with Crippen LogP contribution in [0.15, 0.2) is 0 Å². The summed E-state index contributed by atoms with van der Waals surface area (Å²) in [6.07, 6.45) is 3.89. The van der Waals surface area contributed by atoms with Crippen molar-refractivity contribution in [3.63, 3.8) is 0 Å². The van der Waals surface area contributed by atoms with Crippen LogP contribution in [0, 0.1) is 0 Å². The summed E-state index contributed by atoms with van der Waals surface area (Å²) < 4.78 is 0.